The number of carboxylic acid groups (broad SMARTS) is 1. The summed E-state index contributed by atoms with van der Waals surface area (Å²) in [6.45, 7) is 4.34. The molecule has 104 valence electrons. The van der Waals surface area contributed by atoms with Gasteiger partial charge in [0.1, 0.15) is 5.57 Å². The van der Waals surface area contributed by atoms with Gasteiger partial charge < -0.3 is 14.6 Å². The molecule has 0 aliphatic rings. The Labute approximate surface area is 117 Å². The highest BCUT2D eigenvalue weighted by Crippen LogP contribution is 2.22. The van der Waals surface area contributed by atoms with E-state index in [9.17, 15) is 9.90 Å². The maximum Gasteiger partial charge on any atom is 0.339 e. The molecule has 1 rings (SSSR count). The van der Waals surface area contributed by atoms with E-state index < -0.39 is 5.97 Å². The molecule has 0 bridgehead atoms. The summed E-state index contributed by atoms with van der Waals surface area (Å²) in [6.07, 6.45) is 0. The molecule has 0 spiro atoms. The van der Waals surface area contributed by atoms with E-state index in [2.05, 4.69) is 0 Å². The monoisotopic (exact) mass is 282 g/mol. The zero-order chi connectivity index (χ0) is 14.1. The zero-order valence-corrected chi connectivity index (χ0v) is 11.9. The summed E-state index contributed by atoms with van der Waals surface area (Å²) in [5.41, 5.74) is 0.151. The lowest BCUT2D eigenvalue weighted by Gasteiger charge is -2.12. The minimum atomic E-state index is -1.01. The first kappa shape index (κ1) is 15.4. The van der Waals surface area contributed by atoms with Crippen molar-refractivity contribution in [2.75, 3.05) is 19.0 Å². The molecular weight excluding hydrogens is 264 g/mol. The maximum absolute atomic E-state index is 11.3. The number of hydrogen-bond donors (Lipinski definition) is 1. The van der Waals surface area contributed by atoms with Crippen molar-refractivity contribution in [3.05, 3.63) is 41.9 Å². The van der Waals surface area contributed by atoms with Crippen LogP contribution in [0.3, 0.4) is 0 Å². The smallest absolute Gasteiger partial charge is 0.339 e. The Bertz CT molecular complexity index is 420. The van der Waals surface area contributed by atoms with Gasteiger partial charge in [0.2, 0.25) is 0 Å². The highest BCUT2D eigenvalue weighted by molar-refractivity contribution is 7.99. The van der Waals surface area contributed by atoms with Gasteiger partial charge in [0.15, 0.2) is 0 Å². The molecule has 0 aliphatic heterocycles. The van der Waals surface area contributed by atoms with Crippen LogP contribution in [0.2, 0.25) is 0 Å². The van der Waals surface area contributed by atoms with Crippen LogP contribution in [-0.2, 0) is 14.3 Å². The van der Waals surface area contributed by atoms with Crippen LogP contribution in [0.1, 0.15) is 13.8 Å². The number of carboxylic acids is 1. The van der Waals surface area contributed by atoms with Crippen LogP contribution < -0.4 is 0 Å². The first-order chi connectivity index (χ1) is 9.19. The van der Waals surface area contributed by atoms with Crippen LogP contribution in [0.25, 0.3) is 0 Å². The van der Waals surface area contributed by atoms with E-state index in [0.29, 0.717) is 19.0 Å². The second kappa shape index (κ2) is 8.48. The summed E-state index contributed by atoms with van der Waals surface area (Å²) < 4.78 is 10.5. The summed E-state index contributed by atoms with van der Waals surface area (Å²) in [5, 5.41) is 9.24. The van der Waals surface area contributed by atoms with Gasteiger partial charge in [0.05, 0.1) is 13.2 Å². The van der Waals surface area contributed by atoms with Crippen molar-refractivity contribution >= 4 is 17.7 Å². The molecule has 19 heavy (non-hydrogen) atoms. The molecule has 0 saturated carbocycles. The van der Waals surface area contributed by atoms with Crippen molar-refractivity contribution in [2.24, 2.45) is 0 Å². The fourth-order valence-electron chi connectivity index (χ4n) is 1.36. The third-order valence-corrected chi connectivity index (χ3v) is 3.22. The highest BCUT2D eigenvalue weighted by Gasteiger charge is 2.17. The largest absolute Gasteiger partial charge is 0.478 e. The number of aliphatic carboxylic acids is 1. The van der Waals surface area contributed by atoms with E-state index in [-0.39, 0.29) is 11.5 Å². The molecule has 0 heterocycles. The van der Waals surface area contributed by atoms with Crippen LogP contribution in [0, 0.1) is 0 Å². The van der Waals surface area contributed by atoms with Crippen LogP contribution in [0.15, 0.2) is 46.7 Å². The molecule has 0 unspecified atom stereocenters. The molecule has 0 saturated heterocycles. The second-order valence-corrected chi connectivity index (χ2v) is 4.59. The molecule has 1 N–H and O–H groups in total. The van der Waals surface area contributed by atoms with Crippen LogP contribution in [0.5, 0.6) is 0 Å². The van der Waals surface area contributed by atoms with E-state index in [1.807, 2.05) is 30.3 Å². The molecule has 0 aliphatic carbocycles. The van der Waals surface area contributed by atoms with Gasteiger partial charge in [-0.25, -0.2) is 4.79 Å². The van der Waals surface area contributed by atoms with Gasteiger partial charge in [-0.05, 0) is 26.0 Å². The molecule has 0 aromatic heterocycles. The summed E-state index contributed by atoms with van der Waals surface area (Å²) in [5.74, 6) is -0.601. The van der Waals surface area contributed by atoms with Crippen molar-refractivity contribution in [2.45, 2.75) is 18.7 Å². The average Bonchev–Trinajstić information content (AvgIpc) is 2.40. The molecule has 1 aromatic carbocycles. The van der Waals surface area contributed by atoms with Gasteiger partial charge >= 0.3 is 5.97 Å². The van der Waals surface area contributed by atoms with E-state index in [1.165, 1.54) is 11.8 Å². The zero-order valence-electron chi connectivity index (χ0n) is 11.1. The third kappa shape index (κ3) is 5.26. The fourth-order valence-corrected chi connectivity index (χ4v) is 2.26. The lowest BCUT2D eigenvalue weighted by molar-refractivity contribution is -0.133. The molecule has 0 radical (unpaired) electrons. The first-order valence-corrected chi connectivity index (χ1v) is 7.07. The molecule has 5 heteroatoms. The Morgan fingerprint density at radius 1 is 1.16 bits per heavy atom. The summed E-state index contributed by atoms with van der Waals surface area (Å²) >= 11 is 1.44. The number of hydrogen-bond acceptors (Lipinski definition) is 4. The molecule has 0 fully saturated rings. The first-order valence-electron chi connectivity index (χ1n) is 6.08. The summed E-state index contributed by atoms with van der Waals surface area (Å²) in [4.78, 5) is 12.3. The van der Waals surface area contributed by atoms with E-state index in [1.54, 1.807) is 13.8 Å². The van der Waals surface area contributed by atoms with Crippen molar-refractivity contribution < 1.29 is 19.4 Å². The quantitative estimate of drug-likeness (QED) is 0.451. The van der Waals surface area contributed by atoms with Gasteiger partial charge in [-0.15, -0.1) is 11.8 Å². The Morgan fingerprint density at radius 3 is 2.21 bits per heavy atom. The average molecular weight is 282 g/mol. The summed E-state index contributed by atoms with van der Waals surface area (Å²) in [7, 11) is 0. The topological polar surface area (TPSA) is 55.8 Å². The van der Waals surface area contributed by atoms with Crippen LogP contribution in [-0.4, -0.2) is 30.0 Å². The predicted molar refractivity (Wildman–Crippen MR) is 75.1 cm³/mol. The Balaban J connectivity index is 2.81. The summed E-state index contributed by atoms with van der Waals surface area (Å²) in [6, 6.07) is 9.62. The number of rotatable bonds is 8. The SMILES string of the molecule is CCOC(OCC)=C(CSc1ccccc1)C(=O)O. The van der Waals surface area contributed by atoms with Crippen molar-refractivity contribution in [3.8, 4) is 0 Å². The standard InChI is InChI=1S/C14H18O4S/c1-3-17-14(18-4-2)12(13(15)16)10-19-11-8-6-5-7-9-11/h5-9H,3-4,10H2,1-2H3,(H,15,16). The van der Waals surface area contributed by atoms with Gasteiger partial charge in [-0.3, -0.25) is 0 Å². The van der Waals surface area contributed by atoms with E-state index >= 15 is 0 Å². The van der Waals surface area contributed by atoms with E-state index in [0.717, 1.165) is 4.90 Å². The van der Waals surface area contributed by atoms with E-state index in [4.69, 9.17) is 9.47 Å². The van der Waals surface area contributed by atoms with Gasteiger partial charge in [-0.2, -0.15) is 0 Å². The van der Waals surface area contributed by atoms with Crippen molar-refractivity contribution in [3.63, 3.8) is 0 Å². The second-order valence-electron chi connectivity index (χ2n) is 3.54. The molecule has 0 amide bonds. The minimum Gasteiger partial charge on any atom is -0.478 e. The third-order valence-electron chi connectivity index (χ3n) is 2.18. The number of thioether (sulfide) groups is 1. The molecule has 0 atom stereocenters. The highest BCUT2D eigenvalue weighted by atomic mass is 32.2. The van der Waals surface area contributed by atoms with Crippen LogP contribution >= 0.6 is 11.8 Å². The number of carbonyl (C=O) groups is 1. The predicted octanol–water partition coefficient (Wildman–Crippen LogP) is 3.15. The number of benzene rings is 1. The molecule has 1 aromatic rings. The fraction of sp³-hybridized carbons (Fsp3) is 0.357. The Kier molecular flexibility index (Phi) is 6.89. The number of ether oxygens (including phenoxy) is 2. The van der Waals surface area contributed by atoms with Crippen molar-refractivity contribution in [1.29, 1.82) is 0 Å². The lowest BCUT2D eigenvalue weighted by Crippen LogP contribution is -2.12. The molecule has 4 nitrogen and oxygen atoms in total. The molecular formula is C14H18O4S. The Hall–Kier alpha value is -1.62. The van der Waals surface area contributed by atoms with Crippen LogP contribution in [0.4, 0.5) is 0 Å². The minimum absolute atomic E-state index is 0.112. The van der Waals surface area contributed by atoms with Gasteiger partial charge in [0, 0.05) is 10.6 Å². The van der Waals surface area contributed by atoms with Crippen molar-refractivity contribution in [1.82, 2.24) is 0 Å². The van der Waals surface area contributed by atoms with Gasteiger partial charge in [0.25, 0.3) is 5.95 Å². The normalized spacial score (nSPS) is 9.79. The Morgan fingerprint density at radius 2 is 1.74 bits per heavy atom. The van der Waals surface area contributed by atoms with Gasteiger partial charge in [-0.1, -0.05) is 18.2 Å². The lowest BCUT2D eigenvalue weighted by atomic mass is 10.3. The maximum atomic E-state index is 11.3.